The molecule has 1 heterocycles. The summed E-state index contributed by atoms with van der Waals surface area (Å²) in [4.78, 5) is 23.6. The fourth-order valence-electron chi connectivity index (χ4n) is 2.03. The van der Waals surface area contributed by atoms with Gasteiger partial charge in [0.05, 0.1) is 6.21 Å². The number of benzene rings is 1. The van der Waals surface area contributed by atoms with Crippen molar-refractivity contribution in [2.45, 2.75) is 39.3 Å². The van der Waals surface area contributed by atoms with Crippen LogP contribution in [0.5, 0.6) is 5.75 Å². The van der Waals surface area contributed by atoms with Gasteiger partial charge in [0.2, 0.25) is 0 Å². The predicted molar refractivity (Wildman–Crippen MR) is 95.4 cm³/mol. The number of amides is 2. The van der Waals surface area contributed by atoms with Gasteiger partial charge in [-0.1, -0.05) is 18.2 Å². The van der Waals surface area contributed by atoms with Crippen molar-refractivity contribution in [3.63, 3.8) is 0 Å². The molecule has 0 spiro atoms. The molecule has 0 unspecified atom stereocenters. The van der Waals surface area contributed by atoms with Gasteiger partial charge in [0.15, 0.2) is 0 Å². The maximum atomic E-state index is 11.9. The quantitative estimate of drug-likeness (QED) is 0.648. The van der Waals surface area contributed by atoms with Gasteiger partial charge in [-0.3, -0.25) is 4.79 Å². The van der Waals surface area contributed by atoms with Crippen LogP contribution in [0.1, 0.15) is 33.3 Å². The van der Waals surface area contributed by atoms with Crippen LogP contribution in [0.15, 0.2) is 34.9 Å². The monoisotopic (exact) mass is 345 g/mol. The van der Waals surface area contributed by atoms with E-state index in [1.54, 1.807) is 27.7 Å². The molecule has 25 heavy (non-hydrogen) atoms. The fraction of sp³-hybridized carbons (Fsp3) is 0.389. The first-order valence-corrected chi connectivity index (χ1v) is 7.99. The first-order valence-electron chi connectivity index (χ1n) is 7.99. The van der Waals surface area contributed by atoms with Crippen molar-refractivity contribution in [1.29, 1.82) is 0 Å². The Hall–Kier alpha value is -2.83. The SMILES string of the molecule is C[C@H](NC(=O)OC(C)(C)C)C(=O)NN=CC1=Cc2ccccc2OC1. The number of para-hydroxylation sites is 1. The predicted octanol–water partition coefficient (Wildman–Crippen LogP) is 2.48. The number of nitrogens with zero attached hydrogens (tertiary/aromatic N) is 1. The molecule has 2 amide bonds. The van der Waals surface area contributed by atoms with Crippen LogP contribution in [0.4, 0.5) is 4.79 Å². The summed E-state index contributed by atoms with van der Waals surface area (Å²) >= 11 is 0. The minimum atomic E-state index is -0.774. The lowest BCUT2D eigenvalue weighted by Gasteiger charge is -2.21. The van der Waals surface area contributed by atoms with Crippen molar-refractivity contribution in [2.24, 2.45) is 5.10 Å². The van der Waals surface area contributed by atoms with E-state index in [-0.39, 0.29) is 0 Å². The van der Waals surface area contributed by atoms with E-state index in [0.29, 0.717) is 6.61 Å². The summed E-state index contributed by atoms with van der Waals surface area (Å²) in [5, 5.41) is 6.36. The Morgan fingerprint density at radius 1 is 1.32 bits per heavy atom. The third kappa shape index (κ3) is 5.95. The summed E-state index contributed by atoms with van der Waals surface area (Å²) in [6.45, 7) is 7.18. The number of fused-ring (bicyclic) bond motifs is 1. The summed E-state index contributed by atoms with van der Waals surface area (Å²) in [6, 6.07) is 6.89. The van der Waals surface area contributed by atoms with Crippen molar-refractivity contribution in [2.75, 3.05) is 6.61 Å². The van der Waals surface area contributed by atoms with Crippen LogP contribution >= 0.6 is 0 Å². The van der Waals surface area contributed by atoms with Gasteiger partial charge in [0.25, 0.3) is 5.91 Å². The van der Waals surface area contributed by atoms with Gasteiger partial charge >= 0.3 is 6.09 Å². The zero-order valence-corrected chi connectivity index (χ0v) is 14.8. The third-order valence-electron chi connectivity index (χ3n) is 3.19. The van der Waals surface area contributed by atoms with Gasteiger partial charge in [-0.15, -0.1) is 0 Å². The number of rotatable bonds is 4. The minimum absolute atomic E-state index is 0.377. The van der Waals surface area contributed by atoms with E-state index in [1.807, 2.05) is 30.3 Å². The molecule has 2 N–H and O–H groups in total. The minimum Gasteiger partial charge on any atom is -0.488 e. The van der Waals surface area contributed by atoms with E-state index >= 15 is 0 Å². The van der Waals surface area contributed by atoms with Gasteiger partial charge in [-0.05, 0) is 39.8 Å². The molecule has 1 atom stereocenters. The Balaban J connectivity index is 1.84. The average Bonchev–Trinajstić information content (AvgIpc) is 2.52. The summed E-state index contributed by atoms with van der Waals surface area (Å²) < 4.78 is 10.7. The Labute approximate surface area is 147 Å². The number of carbonyl (C=O) groups excluding carboxylic acids is 2. The summed E-state index contributed by atoms with van der Waals surface area (Å²) in [7, 11) is 0. The smallest absolute Gasteiger partial charge is 0.408 e. The number of carbonyl (C=O) groups is 2. The molecule has 2 rings (SSSR count). The van der Waals surface area contributed by atoms with Crippen molar-refractivity contribution in [1.82, 2.24) is 10.7 Å². The summed E-state index contributed by atoms with van der Waals surface area (Å²) in [5.74, 6) is 0.374. The standard InChI is InChI=1S/C18H23N3O4/c1-12(20-17(23)25-18(2,3)4)16(22)21-19-10-13-9-14-7-5-6-8-15(14)24-11-13/h5-10,12H,11H2,1-4H3,(H,20,23)(H,21,22)/t12-/m0/s1. The molecule has 0 saturated carbocycles. The van der Waals surface area contributed by atoms with Gasteiger partial charge < -0.3 is 14.8 Å². The highest BCUT2D eigenvalue weighted by Crippen LogP contribution is 2.24. The molecule has 7 heteroatoms. The molecular weight excluding hydrogens is 322 g/mol. The van der Waals surface area contributed by atoms with Crippen molar-refractivity contribution < 1.29 is 19.1 Å². The number of ether oxygens (including phenoxy) is 2. The van der Waals surface area contributed by atoms with Gasteiger partial charge in [-0.2, -0.15) is 5.10 Å². The molecular formula is C18H23N3O4. The van der Waals surface area contributed by atoms with E-state index in [2.05, 4.69) is 15.8 Å². The van der Waals surface area contributed by atoms with E-state index in [9.17, 15) is 9.59 Å². The topological polar surface area (TPSA) is 89.0 Å². The first-order chi connectivity index (χ1) is 11.7. The molecule has 1 aliphatic rings. The maximum absolute atomic E-state index is 11.9. The Bertz CT molecular complexity index is 705. The Kier molecular flexibility index (Phi) is 5.80. The van der Waals surface area contributed by atoms with Crippen LogP contribution in [0.2, 0.25) is 0 Å². The summed E-state index contributed by atoms with van der Waals surface area (Å²) in [6.07, 6.45) is 2.81. The molecule has 1 aromatic carbocycles. The molecule has 0 saturated heterocycles. The van der Waals surface area contributed by atoms with Gasteiger partial charge in [0.1, 0.15) is 24.0 Å². The average molecular weight is 345 g/mol. The molecule has 7 nitrogen and oxygen atoms in total. The molecule has 0 fully saturated rings. The lowest BCUT2D eigenvalue weighted by atomic mass is 10.1. The lowest BCUT2D eigenvalue weighted by Crippen LogP contribution is -2.45. The maximum Gasteiger partial charge on any atom is 0.408 e. The van der Waals surface area contributed by atoms with E-state index < -0.39 is 23.6 Å². The molecule has 0 radical (unpaired) electrons. The number of hydrogen-bond acceptors (Lipinski definition) is 5. The van der Waals surface area contributed by atoms with Crippen LogP contribution in [0.25, 0.3) is 6.08 Å². The highest BCUT2D eigenvalue weighted by Gasteiger charge is 2.20. The normalized spacial score (nSPS) is 14.8. The van der Waals surface area contributed by atoms with E-state index in [0.717, 1.165) is 16.9 Å². The third-order valence-corrected chi connectivity index (χ3v) is 3.19. The number of hydrogen-bond donors (Lipinski definition) is 2. The van der Waals surface area contributed by atoms with Crippen LogP contribution in [-0.2, 0) is 9.53 Å². The number of hydrazone groups is 1. The molecule has 134 valence electrons. The van der Waals surface area contributed by atoms with Crippen LogP contribution in [0, 0.1) is 0 Å². The highest BCUT2D eigenvalue weighted by molar-refractivity contribution is 5.90. The highest BCUT2D eigenvalue weighted by atomic mass is 16.6. The van der Waals surface area contributed by atoms with Crippen molar-refractivity contribution >= 4 is 24.3 Å². The van der Waals surface area contributed by atoms with Crippen LogP contribution in [0.3, 0.4) is 0 Å². The number of nitrogens with one attached hydrogen (secondary N) is 2. The second-order valence-corrected chi connectivity index (χ2v) is 6.65. The summed E-state index contributed by atoms with van der Waals surface area (Å²) in [5.41, 5.74) is 3.55. The van der Waals surface area contributed by atoms with Crippen LogP contribution < -0.4 is 15.5 Å². The second-order valence-electron chi connectivity index (χ2n) is 6.65. The lowest BCUT2D eigenvalue weighted by molar-refractivity contribution is -0.122. The number of alkyl carbamates (subject to hydrolysis) is 1. The molecule has 0 aliphatic carbocycles. The molecule has 1 aromatic rings. The van der Waals surface area contributed by atoms with E-state index in [4.69, 9.17) is 9.47 Å². The molecule has 1 aliphatic heterocycles. The Morgan fingerprint density at radius 2 is 2.04 bits per heavy atom. The van der Waals surface area contributed by atoms with Crippen molar-refractivity contribution in [3.05, 3.63) is 35.4 Å². The van der Waals surface area contributed by atoms with Crippen LogP contribution in [-0.4, -0.2) is 36.5 Å². The largest absolute Gasteiger partial charge is 0.488 e. The zero-order valence-electron chi connectivity index (χ0n) is 14.8. The van der Waals surface area contributed by atoms with Gasteiger partial charge in [0, 0.05) is 11.1 Å². The Morgan fingerprint density at radius 3 is 2.76 bits per heavy atom. The zero-order chi connectivity index (χ0) is 18.4. The van der Waals surface area contributed by atoms with Crippen molar-refractivity contribution in [3.8, 4) is 5.75 Å². The van der Waals surface area contributed by atoms with Gasteiger partial charge in [-0.25, -0.2) is 10.2 Å². The fourth-order valence-corrected chi connectivity index (χ4v) is 2.03. The molecule has 0 bridgehead atoms. The molecule has 0 aromatic heterocycles. The first kappa shape index (κ1) is 18.5. The van der Waals surface area contributed by atoms with E-state index in [1.165, 1.54) is 6.21 Å². The second kappa shape index (κ2) is 7.83.